The minimum Gasteiger partial charge on any atom is -0.454 e. The van der Waals surface area contributed by atoms with Gasteiger partial charge in [-0.15, -0.1) is 0 Å². The van der Waals surface area contributed by atoms with Crippen LogP contribution in [0.1, 0.15) is 5.56 Å². The Labute approximate surface area is 113 Å². The number of rotatable bonds is 4. The van der Waals surface area contributed by atoms with E-state index in [1.165, 1.54) is 31.3 Å². The van der Waals surface area contributed by atoms with E-state index < -0.39 is 10.7 Å². The van der Waals surface area contributed by atoms with E-state index in [0.29, 0.717) is 17.1 Å². The Bertz CT molecular complexity index is 663. The van der Waals surface area contributed by atoms with Crippen LogP contribution in [0.4, 0.5) is 15.9 Å². The molecule has 0 amide bonds. The number of benzene rings is 1. The Hall–Kier alpha value is -2.74. The van der Waals surface area contributed by atoms with Crippen molar-refractivity contribution < 1.29 is 14.1 Å². The van der Waals surface area contributed by atoms with Gasteiger partial charge in [0.25, 0.3) is 5.69 Å². The molecule has 0 fully saturated rings. The van der Waals surface area contributed by atoms with Crippen LogP contribution in [0, 0.1) is 22.9 Å². The van der Waals surface area contributed by atoms with Gasteiger partial charge in [-0.3, -0.25) is 10.1 Å². The number of nitrogens with zero attached hydrogens (tertiary/aromatic N) is 2. The molecule has 3 N–H and O–H groups in total. The molecular weight excluding hydrogens is 267 g/mol. The number of aryl methyl sites for hydroxylation is 1. The molecule has 0 aliphatic rings. The molecule has 0 unspecified atom stereocenters. The largest absolute Gasteiger partial charge is 0.454 e. The Morgan fingerprint density at radius 3 is 2.85 bits per heavy atom. The highest BCUT2D eigenvalue weighted by molar-refractivity contribution is 5.47. The molecular formula is C12H11FN4O3. The van der Waals surface area contributed by atoms with Gasteiger partial charge in [-0.2, -0.15) is 0 Å². The van der Waals surface area contributed by atoms with Crippen molar-refractivity contribution >= 4 is 11.5 Å². The number of nitrogen functional groups attached to an aromatic ring is 1. The molecule has 7 nitrogen and oxygen atoms in total. The zero-order valence-electron chi connectivity index (χ0n) is 10.5. The van der Waals surface area contributed by atoms with Crippen LogP contribution in [-0.4, -0.2) is 9.91 Å². The molecule has 0 bridgehead atoms. The lowest BCUT2D eigenvalue weighted by Crippen LogP contribution is -2.08. The van der Waals surface area contributed by atoms with E-state index in [1.807, 2.05) is 0 Å². The zero-order chi connectivity index (χ0) is 14.7. The third-order valence-electron chi connectivity index (χ3n) is 2.55. The van der Waals surface area contributed by atoms with Gasteiger partial charge >= 0.3 is 0 Å². The topological polar surface area (TPSA) is 103 Å². The Kier molecular flexibility index (Phi) is 3.76. The van der Waals surface area contributed by atoms with Gasteiger partial charge in [0.2, 0.25) is 0 Å². The van der Waals surface area contributed by atoms with Crippen molar-refractivity contribution in [2.24, 2.45) is 5.84 Å². The molecule has 0 aliphatic heterocycles. The number of hydrogen-bond acceptors (Lipinski definition) is 6. The van der Waals surface area contributed by atoms with Crippen molar-refractivity contribution in [3.63, 3.8) is 0 Å². The summed E-state index contributed by atoms with van der Waals surface area (Å²) >= 11 is 0. The smallest absolute Gasteiger partial charge is 0.275 e. The van der Waals surface area contributed by atoms with E-state index in [4.69, 9.17) is 10.6 Å². The van der Waals surface area contributed by atoms with E-state index >= 15 is 0 Å². The van der Waals surface area contributed by atoms with Gasteiger partial charge in [0, 0.05) is 17.8 Å². The highest BCUT2D eigenvalue weighted by Gasteiger charge is 2.16. The van der Waals surface area contributed by atoms with Crippen LogP contribution in [0.3, 0.4) is 0 Å². The first-order chi connectivity index (χ1) is 9.51. The summed E-state index contributed by atoms with van der Waals surface area (Å²) in [5.74, 6) is 4.93. The van der Waals surface area contributed by atoms with Crippen LogP contribution in [0.5, 0.6) is 11.5 Å². The fraction of sp³-hybridized carbons (Fsp3) is 0.0833. The fourth-order valence-corrected chi connectivity index (χ4v) is 1.60. The molecule has 0 radical (unpaired) electrons. The number of aromatic nitrogens is 1. The number of nitro benzene ring substituents is 1. The molecule has 0 atom stereocenters. The minimum atomic E-state index is -0.818. The minimum absolute atomic E-state index is 0.109. The van der Waals surface area contributed by atoms with Gasteiger partial charge in [-0.1, -0.05) is 0 Å². The highest BCUT2D eigenvalue weighted by Crippen LogP contribution is 2.30. The average Bonchev–Trinajstić information content (AvgIpc) is 2.42. The molecule has 1 heterocycles. The summed E-state index contributed by atoms with van der Waals surface area (Å²) in [7, 11) is 0. The quantitative estimate of drug-likeness (QED) is 0.506. The molecule has 0 aliphatic carbocycles. The number of halogens is 1. The molecule has 0 saturated carbocycles. The van der Waals surface area contributed by atoms with Crippen molar-refractivity contribution in [3.05, 3.63) is 52.0 Å². The number of ether oxygens (including phenoxy) is 1. The van der Waals surface area contributed by atoms with Crippen LogP contribution in [0.2, 0.25) is 0 Å². The number of anilines is 1. The lowest BCUT2D eigenvalue weighted by molar-refractivity contribution is -0.385. The monoisotopic (exact) mass is 278 g/mol. The maximum Gasteiger partial charge on any atom is 0.275 e. The second-order valence-electron chi connectivity index (χ2n) is 3.95. The number of hydrazine groups is 1. The predicted molar refractivity (Wildman–Crippen MR) is 69.9 cm³/mol. The van der Waals surface area contributed by atoms with Gasteiger partial charge in [0.15, 0.2) is 11.6 Å². The van der Waals surface area contributed by atoms with Crippen molar-refractivity contribution in [1.29, 1.82) is 0 Å². The second kappa shape index (κ2) is 5.49. The number of hydrogen-bond donors (Lipinski definition) is 2. The molecule has 20 heavy (non-hydrogen) atoms. The van der Waals surface area contributed by atoms with E-state index in [-0.39, 0.29) is 11.4 Å². The zero-order valence-corrected chi connectivity index (χ0v) is 10.5. The van der Waals surface area contributed by atoms with Gasteiger partial charge in [0.05, 0.1) is 11.0 Å². The average molecular weight is 278 g/mol. The van der Waals surface area contributed by atoms with Crippen molar-refractivity contribution in [1.82, 2.24) is 4.98 Å². The molecule has 1 aromatic carbocycles. The number of nitrogens with one attached hydrogen (secondary N) is 1. The summed E-state index contributed by atoms with van der Waals surface area (Å²) in [5.41, 5.74) is 2.34. The number of pyridine rings is 1. The standard InChI is InChI=1S/C12H11FN4O3/c1-7-4-11(9(13)6-10(7)17(18)19)20-8-2-3-15-12(5-8)16-14/h2-6H,14H2,1H3,(H,15,16). The second-order valence-corrected chi connectivity index (χ2v) is 3.95. The lowest BCUT2D eigenvalue weighted by Gasteiger charge is -2.09. The molecule has 1 aromatic heterocycles. The first kappa shape index (κ1) is 13.7. The van der Waals surface area contributed by atoms with Gasteiger partial charge in [-0.25, -0.2) is 15.2 Å². The van der Waals surface area contributed by atoms with E-state index in [2.05, 4.69) is 10.4 Å². The van der Waals surface area contributed by atoms with Crippen LogP contribution in [0.25, 0.3) is 0 Å². The van der Waals surface area contributed by atoms with E-state index in [1.54, 1.807) is 0 Å². The van der Waals surface area contributed by atoms with Crippen LogP contribution < -0.4 is 16.0 Å². The summed E-state index contributed by atoms with van der Waals surface area (Å²) in [4.78, 5) is 13.9. The van der Waals surface area contributed by atoms with E-state index in [0.717, 1.165) is 6.07 Å². The predicted octanol–water partition coefficient (Wildman–Crippen LogP) is 2.52. The fourth-order valence-electron chi connectivity index (χ4n) is 1.60. The lowest BCUT2D eigenvalue weighted by atomic mass is 10.2. The van der Waals surface area contributed by atoms with Crippen LogP contribution in [-0.2, 0) is 0 Å². The maximum absolute atomic E-state index is 13.8. The number of nitro groups is 1. The first-order valence-electron chi connectivity index (χ1n) is 5.56. The first-order valence-corrected chi connectivity index (χ1v) is 5.56. The van der Waals surface area contributed by atoms with Gasteiger partial charge in [-0.05, 0) is 19.1 Å². The van der Waals surface area contributed by atoms with Crippen molar-refractivity contribution in [2.45, 2.75) is 6.92 Å². The molecule has 104 valence electrons. The molecule has 8 heteroatoms. The number of nitrogens with two attached hydrogens (primary N) is 1. The molecule has 2 aromatic rings. The molecule has 0 spiro atoms. The van der Waals surface area contributed by atoms with Gasteiger partial charge < -0.3 is 10.2 Å². The summed E-state index contributed by atoms with van der Waals surface area (Å²) < 4.78 is 19.1. The Balaban J connectivity index is 2.34. The summed E-state index contributed by atoms with van der Waals surface area (Å²) in [6.45, 7) is 1.50. The van der Waals surface area contributed by atoms with Crippen molar-refractivity contribution in [2.75, 3.05) is 5.43 Å². The summed E-state index contributed by atoms with van der Waals surface area (Å²) in [5, 5.41) is 10.7. The maximum atomic E-state index is 13.8. The third-order valence-corrected chi connectivity index (χ3v) is 2.55. The normalized spacial score (nSPS) is 10.2. The molecule has 2 rings (SSSR count). The van der Waals surface area contributed by atoms with Gasteiger partial charge in [0.1, 0.15) is 11.6 Å². The summed E-state index contributed by atoms with van der Waals surface area (Å²) in [6.07, 6.45) is 1.43. The Morgan fingerprint density at radius 2 is 2.20 bits per heavy atom. The Morgan fingerprint density at radius 1 is 1.45 bits per heavy atom. The third kappa shape index (κ3) is 2.81. The SMILES string of the molecule is Cc1cc(Oc2ccnc(NN)c2)c(F)cc1[N+](=O)[O-]. The van der Waals surface area contributed by atoms with Crippen LogP contribution in [0.15, 0.2) is 30.5 Å². The highest BCUT2D eigenvalue weighted by atomic mass is 19.1. The van der Waals surface area contributed by atoms with E-state index in [9.17, 15) is 14.5 Å². The van der Waals surface area contributed by atoms with Crippen LogP contribution >= 0.6 is 0 Å². The molecule has 0 saturated heterocycles. The van der Waals surface area contributed by atoms with Crippen molar-refractivity contribution in [3.8, 4) is 11.5 Å². The summed E-state index contributed by atoms with van der Waals surface area (Å²) in [6, 6.07) is 5.07.